The van der Waals surface area contributed by atoms with Crippen molar-refractivity contribution < 1.29 is 4.92 Å². The van der Waals surface area contributed by atoms with E-state index in [2.05, 4.69) is 33.1 Å². The largest absolute Gasteiger partial charge is 0.269 e. The van der Waals surface area contributed by atoms with Crippen LogP contribution in [0, 0.1) is 17.0 Å². The number of nitro benzene ring substituents is 1. The summed E-state index contributed by atoms with van der Waals surface area (Å²) >= 11 is 4.59. The number of aryl methyl sites for hydroxylation is 1. The number of thiol groups is 1. The summed E-state index contributed by atoms with van der Waals surface area (Å²) in [6, 6.07) is 14.1. The van der Waals surface area contributed by atoms with E-state index in [4.69, 9.17) is 0 Å². The van der Waals surface area contributed by atoms with E-state index >= 15 is 0 Å². The lowest BCUT2D eigenvalue weighted by atomic mass is 10.2. The number of nitro groups is 1. The molecule has 0 radical (unpaired) electrons. The molecule has 28 heavy (non-hydrogen) atoms. The summed E-state index contributed by atoms with van der Waals surface area (Å²) in [4.78, 5) is 11.7. The zero-order valence-corrected chi connectivity index (χ0v) is 15.7. The molecule has 0 fully saturated rings. The van der Waals surface area contributed by atoms with Crippen LogP contribution in [0.5, 0.6) is 0 Å². The third-order valence-electron chi connectivity index (χ3n) is 4.25. The van der Waals surface area contributed by atoms with Gasteiger partial charge in [0.1, 0.15) is 5.03 Å². The summed E-state index contributed by atoms with van der Waals surface area (Å²) in [6.07, 6.45) is 1.65. The van der Waals surface area contributed by atoms with Gasteiger partial charge in [-0.05, 0) is 29.3 Å². The Labute approximate surface area is 165 Å². The Bertz CT molecular complexity index is 1150. The van der Waals surface area contributed by atoms with Crippen molar-refractivity contribution in [3.05, 3.63) is 76.0 Å². The van der Waals surface area contributed by atoms with Gasteiger partial charge in [-0.2, -0.15) is 9.90 Å². The lowest BCUT2D eigenvalue weighted by Gasteiger charge is -2.07. The zero-order valence-electron chi connectivity index (χ0n) is 14.8. The predicted molar refractivity (Wildman–Crippen MR) is 105 cm³/mol. The van der Waals surface area contributed by atoms with Gasteiger partial charge in [-0.25, -0.2) is 4.68 Å². The molecule has 2 aromatic heterocycles. The molecule has 0 amide bonds. The van der Waals surface area contributed by atoms with Crippen LogP contribution in [0.3, 0.4) is 0 Å². The SMILES string of the molecule is Cc1ccccc1-n1ncc(-c2nnn(Cc3ccc([N+](=O)[O-])cc3)n2)c1S. The third-order valence-corrected chi connectivity index (χ3v) is 4.68. The Morgan fingerprint density at radius 3 is 2.61 bits per heavy atom. The van der Waals surface area contributed by atoms with Gasteiger partial charge in [0, 0.05) is 12.1 Å². The molecule has 2 heterocycles. The molecule has 4 rings (SSSR count). The van der Waals surface area contributed by atoms with Crippen LogP contribution < -0.4 is 0 Å². The molecule has 0 aliphatic carbocycles. The Morgan fingerprint density at radius 1 is 1.14 bits per heavy atom. The summed E-state index contributed by atoms with van der Waals surface area (Å²) in [5, 5.41) is 28.3. The van der Waals surface area contributed by atoms with Crippen molar-refractivity contribution in [3.63, 3.8) is 0 Å². The Balaban J connectivity index is 1.58. The second-order valence-corrected chi connectivity index (χ2v) is 6.57. The minimum Gasteiger partial charge on any atom is -0.258 e. The fraction of sp³-hybridized carbons (Fsp3) is 0.111. The van der Waals surface area contributed by atoms with Crippen LogP contribution in [0.15, 0.2) is 59.8 Å². The minimum absolute atomic E-state index is 0.0410. The molecule has 0 atom stereocenters. The molecule has 140 valence electrons. The van der Waals surface area contributed by atoms with Crippen molar-refractivity contribution in [2.45, 2.75) is 18.5 Å². The first kappa shape index (κ1) is 17.9. The number of aromatic nitrogens is 6. The molecule has 2 aromatic carbocycles. The molecule has 0 N–H and O–H groups in total. The van der Waals surface area contributed by atoms with Crippen LogP contribution in [0.4, 0.5) is 5.69 Å². The molecule has 10 heteroatoms. The molecule has 0 aliphatic rings. The average molecular weight is 393 g/mol. The molecule has 0 spiro atoms. The highest BCUT2D eigenvalue weighted by molar-refractivity contribution is 7.80. The Hall–Kier alpha value is -3.53. The van der Waals surface area contributed by atoms with Gasteiger partial charge in [-0.1, -0.05) is 30.3 Å². The van der Waals surface area contributed by atoms with Gasteiger partial charge in [-0.3, -0.25) is 10.1 Å². The topological polar surface area (TPSA) is 105 Å². The van der Waals surface area contributed by atoms with Gasteiger partial charge in [0.25, 0.3) is 5.69 Å². The second kappa shape index (κ2) is 7.24. The number of non-ortho nitro benzene ring substituents is 1. The van der Waals surface area contributed by atoms with E-state index in [1.807, 2.05) is 31.2 Å². The quantitative estimate of drug-likeness (QED) is 0.317. The van der Waals surface area contributed by atoms with Gasteiger partial charge in [0.2, 0.25) is 5.82 Å². The first-order valence-electron chi connectivity index (χ1n) is 8.37. The maximum Gasteiger partial charge on any atom is 0.269 e. The standard InChI is InChI=1S/C18H15N7O2S/c1-12-4-2-3-5-16(12)24-18(28)15(10-19-24)17-20-22-23(21-17)11-13-6-8-14(9-7-13)25(26)27/h2-10,28H,11H2,1H3. The van der Waals surface area contributed by atoms with E-state index in [1.165, 1.54) is 16.9 Å². The van der Waals surface area contributed by atoms with E-state index < -0.39 is 4.92 Å². The van der Waals surface area contributed by atoms with Gasteiger partial charge in [0.15, 0.2) is 0 Å². The average Bonchev–Trinajstić information content (AvgIpc) is 3.29. The van der Waals surface area contributed by atoms with Gasteiger partial charge < -0.3 is 0 Å². The molecule has 0 saturated carbocycles. The monoisotopic (exact) mass is 393 g/mol. The Kier molecular flexibility index (Phi) is 4.62. The molecule has 0 unspecified atom stereocenters. The van der Waals surface area contributed by atoms with Gasteiger partial charge in [-0.15, -0.1) is 22.8 Å². The normalized spacial score (nSPS) is 10.9. The maximum atomic E-state index is 10.7. The van der Waals surface area contributed by atoms with E-state index in [-0.39, 0.29) is 5.69 Å². The smallest absolute Gasteiger partial charge is 0.258 e. The van der Waals surface area contributed by atoms with Gasteiger partial charge >= 0.3 is 0 Å². The predicted octanol–water partition coefficient (Wildman–Crippen LogP) is 3.08. The number of tetrazole rings is 1. The number of rotatable bonds is 5. The van der Waals surface area contributed by atoms with Crippen LogP contribution in [-0.4, -0.2) is 34.9 Å². The fourth-order valence-corrected chi connectivity index (χ4v) is 3.10. The van der Waals surface area contributed by atoms with Crippen molar-refractivity contribution in [1.82, 2.24) is 30.0 Å². The highest BCUT2D eigenvalue weighted by atomic mass is 32.1. The van der Waals surface area contributed by atoms with E-state index in [0.717, 1.165) is 16.8 Å². The minimum atomic E-state index is -0.435. The number of hydrogen-bond donors (Lipinski definition) is 1. The van der Waals surface area contributed by atoms with Crippen molar-refractivity contribution in [2.75, 3.05) is 0 Å². The third kappa shape index (κ3) is 3.37. The summed E-state index contributed by atoms with van der Waals surface area (Å²) in [5.74, 6) is 0.409. The molecule has 0 saturated heterocycles. The molecule has 9 nitrogen and oxygen atoms in total. The Morgan fingerprint density at radius 2 is 1.89 bits per heavy atom. The van der Waals surface area contributed by atoms with Crippen molar-refractivity contribution in [3.8, 4) is 17.1 Å². The first-order chi connectivity index (χ1) is 13.5. The highest BCUT2D eigenvalue weighted by Gasteiger charge is 2.16. The van der Waals surface area contributed by atoms with Gasteiger partial charge in [0.05, 0.1) is 28.9 Å². The molecule has 4 aromatic rings. The number of benzene rings is 2. The fourth-order valence-electron chi connectivity index (χ4n) is 2.78. The van der Waals surface area contributed by atoms with Crippen LogP contribution in [0.25, 0.3) is 17.1 Å². The molecular weight excluding hydrogens is 378 g/mol. The summed E-state index contributed by atoms with van der Waals surface area (Å²) in [7, 11) is 0. The lowest BCUT2D eigenvalue weighted by molar-refractivity contribution is -0.384. The van der Waals surface area contributed by atoms with Crippen LogP contribution in [0.2, 0.25) is 0 Å². The van der Waals surface area contributed by atoms with Crippen LogP contribution in [0.1, 0.15) is 11.1 Å². The highest BCUT2D eigenvalue weighted by Crippen LogP contribution is 2.26. The van der Waals surface area contributed by atoms with Crippen LogP contribution >= 0.6 is 12.6 Å². The lowest BCUT2D eigenvalue weighted by Crippen LogP contribution is -2.04. The number of hydrogen-bond acceptors (Lipinski definition) is 7. The van der Waals surface area contributed by atoms with E-state index in [1.54, 1.807) is 23.0 Å². The van der Waals surface area contributed by atoms with Crippen molar-refractivity contribution in [1.29, 1.82) is 0 Å². The van der Waals surface area contributed by atoms with Crippen molar-refractivity contribution >= 4 is 18.3 Å². The summed E-state index contributed by atoms with van der Waals surface area (Å²) in [5.41, 5.74) is 3.54. The first-order valence-corrected chi connectivity index (χ1v) is 8.82. The molecule has 0 aliphatic heterocycles. The summed E-state index contributed by atoms with van der Waals surface area (Å²) in [6.45, 7) is 2.35. The summed E-state index contributed by atoms with van der Waals surface area (Å²) < 4.78 is 1.73. The number of nitrogens with zero attached hydrogens (tertiary/aromatic N) is 7. The number of para-hydroxylation sites is 1. The zero-order chi connectivity index (χ0) is 19.7. The second-order valence-electron chi connectivity index (χ2n) is 6.15. The molecular formula is C18H15N7O2S. The van der Waals surface area contributed by atoms with Crippen molar-refractivity contribution in [2.24, 2.45) is 0 Å². The maximum absolute atomic E-state index is 10.7. The van der Waals surface area contributed by atoms with Crippen LogP contribution in [-0.2, 0) is 6.54 Å². The van der Waals surface area contributed by atoms with E-state index in [9.17, 15) is 10.1 Å². The van der Waals surface area contributed by atoms with E-state index in [0.29, 0.717) is 23.0 Å². The molecule has 0 bridgehead atoms.